The van der Waals surface area contributed by atoms with Crippen molar-refractivity contribution in [2.24, 2.45) is 0 Å². The molecule has 4 aromatic carbocycles. The van der Waals surface area contributed by atoms with Gasteiger partial charge in [0.05, 0.1) is 18.6 Å². The van der Waals surface area contributed by atoms with Gasteiger partial charge in [0.2, 0.25) is 0 Å². The number of ether oxygens (including phenoxy) is 2. The van der Waals surface area contributed by atoms with Crippen LogP contribution < -0.4 is 9.47 Å². The van der Waals surface area contributed by atoms with Gasteiger partial charge >= 0.3 is 0 Å². The highest BCUT2D eigenvalue weighted by atomic mass is 16.5. The van der Waals surface area contributed by atoms with Crippen molar-refractivity contribution in [3.63, 3.8) is 0 Å². The molecule has 4 aromatic rings. The van der Waals surface area contributed by atoms with E-state index in [4.69, 9.17) is 9.47 Å². The molecule has 0 radical (unpaired) electrons. The molecule has 1 aliphatic rings. The number of hydrogen-bond acceptors (Lipinski definition) is 2. The van der Waals surface area contributed by atoms with Crippen molar-refractivity contribution in [1.29, 1.82) is 0 Å². The molecule has 1 aliphatic carbocycles. The first-order chi connectivity index (χ1) is 15.8. The molecule has 0 spiro atoms. The molecule has 0 heterocycles. The van der Waals surface area contributed by atoms with Crippen LogP contribution in [0.5, 0.6) is 11.5 Å². The fourth-order valence-corrected chi connectivity index (χ4v) is 5.16. The third kappa shape index (κ3) is 3.27. The molecule has 2 nitrogen and oxygen atoms in total. The van der Waals surface area contributed by atoms with Crippen LogP contribution in [0.15, 0.2) is 97.1 Å². The maximum Gasteiger partial charge on any atom is 0.119 e. The van der Waals surface area contributed by atoms with E-state index >= 15 is 0 Å². The third-order valence-electron chi connectivity index (χ3n) is 6.42. The molecule has 0 fully saturated rings. The number of benzene rings is 4. The Morgan fingerprint density at radius 2 is 0.969 bits per heavy atom. The van der Waals surface area contributed by atoms with Crippen LogP contribution in [0.2, 0.25) is 0 Å². The zero-order chi connectivity index (χ0) is 22.0. The summed E-state index contributed by atoms with van der Waals surface area (Å²) < 4.78 is 11.5. The molecule has 0 aliphatic heterocycles. The van der Waals surface area contributed by atoms with Crippen LogP contribution in [0.3, 0.4) is 0 Å². The SMILES string of the molecule is CCOc1ccc(C2(c3ccc(OCC)cc3)c3ccccc3Cc3ccccc32)cc1. The van der Waals surface area contributed by atoms with E-state index in [0.29, 0.717) is 13.2 Å². The summed E-state index contributed by atoms with van der Waals surface area (Å²) in [5, 5.41) is 0. The van der Waals surface area contributed by atoms with Gasteiger partial charge in [0.25, 0.3) is 0 Å². The van der Waals surface area contributed by atoms with Gasteiger partial charge in [-0.25, -0.2) is 0 Å². The fraction of sp³-hybridized carbons (Fsp3) is 0.200. The summed E-state index contributed by atoms with van der Waals surface area (Å²) in [4.78, 5) is 0. The van der Waals surface area contributed by atoms with Gasteiger partial charge in [-0.3, -0.25) is 0 Å². The molecular formula is C30H28O2. The van der Waals surface area contributed by atoms with Crippen LogP contribution in [-0.2, 0) is 11.8 Å². The van der Waals surface area contributed by atoms with E-state index in [1.807, 2.05) is 13.8 Å². The normalized spacial score (nSPS) is 13.7. The second kappa shape index (κ2) is 8.55. The lowest BCUT2D eigenvalue weighted by molar-refractivity contribution is 0.340. The van der Waals surface area contributed by atoms with Crippen LogP contribution in [0.4, 0.5) is 0 Å². The van der Waals surface area contributed by atoms with E-state index in [-0.39, 0.29) is 0 Å². The Morgan fingerprint density at radius 3 is 1.38 bits per heavy atom. The molecule has 0 unspecified atom stereocenters. The van der Waals surface area contributed by atoms with Crippen LogP contribution in [-0.4, -0.2) is 13.2 Å². The smallest absolute Gasteiger partial charge is 0.119 e. The van der Waals surface area contributed by atoms with E-state index in [2.05, 4.69) is 97.1 Å². The second-order valence-electron chi connectivity index (χ2n) is 8.16. The second-order valence-corrected chi connectivity index (χ2v) is 8.16. The number of rotatable bonds is 6. The van der Waals surface area contributed by atoms with E-state index in [1.165, 1.54) is 33.4 Å². The van der Waals surface area contributed by atoms with Crippen molar-refractivity contribution in [3.05, 3.63) is 130 Å². The molecule has 32 heavy (non-hydrogen) atoms. The van der Waals surface area contributed by atoms with Crippen LogP contribution in [0.1, 0.15) is 47.2 Å². The summed E-state index contributed by atoms with van der Waals surface area (Å²) in [7, 11) is 0. The van der Waals surface area contributed by atoms with Crippen molar-refractivity contribution in [1.82, 2.24) is 0 Å². The highest BCUT2D eigenvalue weighted by Gasteiger charge is 2.43. The van der Waals surface area contributed by atoms with Crippen molar-refractivity contribution in [2.75, 3.05) is 13.2 Å². The van der Waals surface area contributed by atoms with Gasteiger partial charge in [-0.2, -0.15) is 0 Å². The summed E-state index contributed by atoms with van der Waals surface area (Å²) in [6.07, 6.45) is 0.947. The lowest BCUT2D eigenvalue weighted by Gasteiger charge is -2.42. The summed E-state index contributed by atoms with van der Waals surface area (Å²) >= 11 is 0. The first-order valence-electron chi connectivity index (χ1n) is 11.4. The highest BCUT2D eigenvalue weighted by molar-refractivity contribution is 5.67. The van der Waals surface area contributed by atoms with Crippen LogP contribution in [0.25, 0.3) is 0 Å². The van der Waals surface area contributed by atoms with Crippen LogP contribution in [0, 0.1) is 0 Å². The van der Waals surface area contributed by atoms with Gasteiger partial charge in [0.1, 0.15) is 11.5 Å². The maximum absolute atomic E-state index is 5.75. The Balaban J connectivity index is 1.82. The van der Waals surface area contributed by atoms with Crippen molar-refractivity contribution in [2.45, 2.75) is 25.7 Å². The van der Waals surface area contributed by atoms with Crippen LogP contribution >= 0.6 is 0 Å². The van der Waals surface area contributed by atoms with Crippen molar-refractivity contribution in [3.8, 4) is 11.5 Å². The van der Waals surface area contributed by atoms with Gasteiger partial charge in [-0.15, -0.1) is 0 Å². The Hall–Kier alpha value is -3.52. The predicted octanol–water partition coefficient (Wildman–Crippen LogP) is 6.77. The van der Waals surface area contributed by atoms with E-state index in [1.54, 1.807) is 0 Å². The molecule has 0 bridgehead atoms. The summed E-state index contributed by atoms with van der Waals surface area (Å²) in [5.74, 6) is 1.80. The molecule has 0 atom stereocenters. The van der Waals surface area contributed by atoms with E-state index in [0.717, 1.165) is 17.9 Å². The van der Waals surface area contributed by atoms with Crippen molar-refractivity contribution >= 4 is 0 Å². The topological polar surface area (TPSA) is 18.5 Å². The standard InChI is InChI=1S/C30H28O2/c1-3-31-26-17-13-24(14-18-26)30(25-15-19-27(20-16-25)32-4-2)28-11-7-5-9-22(28)21-23-10-6-8-12-29(23)30/h5-20H,3-4,21H2,1-2H3. The average Bonchev–Trinajstić information content (AvgIpc) is 2.84. The van der Waals surface area contributed by atoms with Gasteiger partial charge in [-0.05, 0) is 77.9 Å². The Labute approximate surface area is 190 Å². The fourth-order valence-electron chi connectivity index (χ4n) is 5.16. The maximum atomic E-state index is 5.75. The molecule has 5 rings (SSSR count). The largest absolute Gasteiger partial charge is 0.494 e. The summed E-state index contributed by atoms with van der Waals surface area (Å²) in [6.45, 7) is 5.36. The Morgan fingerprint density at radius 1 is 0.562 bits per heavy atom. The highest BCUT2D eigenvalue weighted by Crippen LogP contribution is 2.51. The van der Waals surface area contributed by atoms with E-state index < -0.39 is 5.41 Å². The van der Waals surface area contributed by atoms with Gasteiger partial charge < -0.3 is 9.47 Å². The van der Waals surface area contributed by atoms with Gasteiger partial charge in [0.15, 0.2) is 0 Å². The molecule has 160 valence electrons. The summed E-state index contributed by atoms with van der Waals surface area (Å²) in [6, 6.07) is 35.0. The molecule has 2 heteroatoms. The van der Waals surface area contributed by atoms with Crippen molar-refractivity contribution < 1.29 is 9.47 Å². The first-order valence-corrected chi connectivity index (χ1v) is 11.4. The first kappa shape index (κ1) is 20.4. The minimum atomic E-state index is -0.402. The minimum absolute atomic E-state index is 0.402. The Kier molecular flexibility index (Phi) is 5.45. The zero-order valence-electron chi connectivity index (χ0n) is 18.7. The molecule has 0 aromatic heterocycles. The summed E-state index contributed by atoms with van der Waals surface area (Å²) in [5.41, 5.74) is 7.50. The lowest BCUT2D eigenvalue weighted by Crippen LogP contribution is -2.36. The predicted molar refractivity (Wildman–Crippen MR) is 130 cm³/mol. The third-order valence-corrected chi connectivity index (χ3v) is 6.42. The minimum Gasteiger partial charge on any atom is -0.494 e. The quantitative estimate of drug-likeness (QED) is 0.302. The average molecular weight is 421 g/mol. The monoisotopic (exact) mass is 420 g/mol. The molecular weight excluding hydrogens is 392 g/mol. The molecule has 0 amide bonds. The Bertz CT molecular complexity index is 1110. The molecule has 0 saturated heterocycles. The molecule has 0 N–H and O–H groups in total. The van der Waals surface area contributed by atoms with Gasteiger partial charge in [0, 0.05) is 0 Å². The molecule has 0 saturated carbocycles. The van der Waals surface area contributed by atoms with E-state index in [9.17, 15) is 0 Å². The number of fused-ring (bicyclic) bond motifs is 2. The van der Waals surface area contributed by atoms with Gasteiger partial charge in [-0.1, -0.05) is 72.8 Å². The lowest BCUT2D eigenvalue weighted by atomic mass is 9.60. The number of hydrogen-bond donors (Lipinski definition) is 0. The zero-order valence-corrected chi connectivity index (χ0v) is 18.7.